The van der Waals surface area contributed by atoms with Gasteiger partial charge in [0.25, 0.3) is 0 Å². The number of thiophene rings is 1. The highest BCUT2D eigenvalue weighted by Gasteiger charge is 2.16. The Labute approximate surface area is 120 Å². The largest absolute Gasteiger partial charge is 0.143 e. The lowest BCUT2D eigenvalue weighted by molar-refractivity contribution is 1.15. The lowest BCUT2D eigenvalue weighted by Gasteiger charge is -2.11. The number of halogens is 2. The van der Waals surface area contributed by atoms with Gasteiger partial charge in [0.1, 0.15) is 0 Å². The molecule has 0 aliphatic rings. The van der Waals surface area contributed by atoms with Crippen LogP contribution in [0.4, 0.5) is 0 Å². The Morgan fingerprint density at radius 2 is 2.06 bits per heavy atom. The molecule has 90 valence electrons. The Balaban J connectivity index is 2.36. The second kappa shape index (κ2) is 5.55. The number of hydrogen-bond acceptors (Lipinski definition) is 1. The van der Waals surface area contributed by atoms with Gasteiger partial charge < -0.3 is 0 Å². The highest BCUT2D eigenvalue weighted by atomic mass is 79.9. The Morgan fingerprint density at radius 3 is 2.71 bits per heavy atom. The molecule has 0 aliphatic carbocycles. The van der Waals surface area contributed by atoms with Gasteiger partial charge in [-0.25, -0.2) is 0 Å². The number of aryl methyl sites for hydroxylation is 2. The Hall–Kier alpha value is -0.310. The minimum Gasteiger partial charge on any atom is -0.143 e. The molecule has 0 saturated carbocycles. The van der Waals surface area contributed by atoms with Gasteiger partial charge in [-0.05, 0) is 36.6 Å². The zero-order valence-corrected chi connectivity index (χ0v) is 13.0. The van der Waals surface area contributed by atoms with Crippen molar-refractivity contribution in [2.45, 2.75) is 25.6 Å². The molecule has 0 N–H and O–H groups in total. The Morgan fingerprint density at radius 1 is 1.29 bits per heavy atom. The molecule has 0 radical (unpaired) electrons. The zero-order chi connectivity index (χ0) is 12.4. The van der Waals surface area contributed by atoms with Gasteiger partial charge in [0, 0.05) is 14.2 Å². The molecule has 1 aromatic heterocycles. The van der Waals surface area contributed by atoms with E-state index in [-0.39, 0.29) is 5.38 Å². The molecule has 2 rings (SSSR count). The van der Waals surface area contributed by atoms with Crippen LogP contribution in [0.3, 0.4) is 0 Å². The summed E-state index contributed by atoms with van der Waals surface area (Å²) in [6.07, 6.45) is 1.07. The van der Waals surface area contributed by atoms with Crippen LogP contribution in [0.2, 0.25) is 0 Å². The summed E-state index contributed by atoms with van der Waals surface area (Å²) in [6.45, 7) is 4.25. The molecule has 0 aliphatic heterocycles. The molecule has 3 heteroatoms. The third-order valence-corrected chi connectivity index (χ3v) is 5.75. The van der Waals surface area contributed by atoms with Crippen LogP contribution in [0.5, 0.6) is 0 Å². The smallest absolute Gasteiger partial charge is 0.0938 e. The summed E-state index contributed by atoms with van der Waals surface area (Å²) in [5.74, 6) is 0. The van der Waals surface area contributed by atoms with Gasteiger partial charge in [-0.15, -0.1) is 22.9 Å². The molecular weight excluding hydrogens is 316 g/mol. The van der Waals surface area contributed by atoms with Crippen LogP contribution in [0.15, 0.2) is 34.8 Å². The van der Waals surface area contributed by atoms with E-state index in [1.54, 1.807) is 11.3 Å². The predicted octanol–water partition coefficient (Wildman–Crippen LogP) is 5.71. The maximum absolute atomic E-state index is 6.56. The van der Waals surface area contributed by atoms with Crippen molar-refractivity contribution in [1.29, 1.82) is 0 Å². The summed E-state index contributed by atoms with van der Waals surface area (Å²) in [4.78, 5) is 2.60. The van der Waals surface area contributed by atoms with Crippen LogP contribution < -0.4 is 0 Å². The summed E-state index contributed by atoms with van der Waals surface area (Å²) in [7, 11) is 0. The average Bonchev–Trinajstić information content (AvgIpc) is 2.80. The SMILES string of the molecule is CCc1ccc(C(Cl)c2cccc(C)c2Br)s1. The third-order valence-electron chi connectivity index (χ3n) is 2.78. The molecule has 0 nitrogen and oxygen atoms in total. The van der Waals surface area contributed by atoms with E-state index >= 15 is 0 Å². The number of hydrogen-bond donors (Lipinski definition) is 0. The first-order valence-electron chi connectivity index (χ1n) is 5.61. The second-order valence-electron chi connectivity index (χ2n) is 4.00. The quantitative estimate of drug-likeness (QED) is 0.633. The molecule has 17 heavy (non-hydrogen) atoms. The minimum atomic E-state index is -0.0606. The van der Waals surface area contributed by atoms with Gasteiger partial charge in [-0.2, -0.15) is 0 Å². The highest BCUT2D eigenvalue weighted by Crippen LogP contribution is 2.38. The monoisotopic (exact) mass is 328 g/mol. The molecule has 1 heterocycles. The first kappa shape index (κ1) is 13.1. The van der Waals surface area contributed by atoms with Gasteiger partial charge >= 0.3 is 0 Å². The lowest BCUT2D eigenvalue weighted by atomic mass is 10.1. The summed E-state index contributed by atoms with van der Waals surface area (Å²) >= 11 is 12.0. The summed E-state index contributed by atoms with van der Waals surface area (Å²) < 4.78 is 1.12. The zero-order valence-electron chi connectivity index (χ0n) is 9.84. The molecule has 0 bridgehead atoms. The first-order chi connectivity index (χ1) is 8.13. The summed E-state index contributed by atoms with van der Waals surface area (Å²) in [5.41, 5.74) is 2.37. The fraction of sp³-hybridized carbons (Fsp3) is 0.286. The molecule has 0 amide bonds. The van der Waals surface area contributed by atoms with Crippen molar-refractivity contribution in [3.8, 4) is 0 Å². The third kappa shape index (κ3) is 2.75. The number of rotatable bonds is 3. The van der Waals surface area contributed by atoms with Gasteiger partial charge in [0.05, 0.1) is 5.38 Å². The molecular formula is C14H14BrClS. The van der Waals surface area contributed by atoms with Crippen LogP contribution in [0.1, 0.15) is 33.2 Å². The minimum absolute atomic E-state index is 0.0606. The standard InChI is InChI=1S/C14H14BrClS/c1-3-10-7-8-12(17-10)14(16)11-6-4-5-9(2)13(11)15/h4-8,14H,3H2,1-2H3. The predicted molar refractivity (Wildman–Crippen MR) is 80.3 cm³/mol. The van der Waals surface area contributed by atoms with E-state index in [9.17, 15) is 0 Å². The van der Waals surface area contributed by atoms with Crippen molar-refractivity contribution in [2.75, 3.05) is 0 Å². The van der Waals surface area contributed by atoms with Gasteiger partial charge in [0.15, 0.2) is 0 Å². The highest BCUT2D eigenvalue weighted by molar-refractivity contribution is 9.10. The fourth-order valence-corrected chi connectivity index (χ4v) is 3.70. The first-order valence-corrected chi connectivity index (χ1v) is 7.65. The van der Waals surface area contributed by atoms with Gasteiger partial charge in [0.2, 0.25) is 0 Å². The number of alkyl halides is 1. The Kier molecular flexibility index (Phi) is 4.29. The van der Waals surface area contributed by atoms with E-state index in [1.807, 2.05) is 0 Å². The van der Waals surface area contributed by atoms with Crippen molar-refractivity contribution >= 4 is 38.9 Å². The van der Waals surface area contributed by atoms with Crippen LogP contribution in [0.25, 0.3) is 0 Å². The van der Waals surface area contributed by atoms with Crippen molar-refractivity contribution in [1.82, 2.24) is 0 Å². The van der Waals surface area contributed by atoms with Crippen molar-refractivity contribution in [3.63, 3.8) is 0 Å². The summed E-state index contributed by atoms with van der Waals surface area (Å²) in [6, 6.07) is 10.5. The van der Waals surface area contributed by atoms with Gasteiger partial charge in [-0.1, -0.05) is 41.1 Å². The van der Waals surface area contributed by atoms with Crippen molar-refractivity contribution < 1.29 is 0 Å². The van der Waals surface area contributed by atoms with Crippen LogP contribution >= 0.6 is 38.9 Å². The van der Waals surface area contributed by atoms with E-state index in [4.69, 9.17) is 11.6 Å². The Bertz CT molecular complexity index is 519. The van der Waals surface area contributed by atoms with Crippen LogP contribution in [0, 0.1) is 6.92 Å². The fourth-order valence-electron chi connectivity index (χ4n) is 1.74. The summed E-state index contributed by atoms with van der Waals surface area (Å²) in [5, 5.41) is -0.0606. The lowest BCUT2D eigenvalue weighted by Crippen LogP contribution is -1.93. The van der Waals surface area contributed by atoms with E-state index in [1.165, 1.54) is 15.3 Å². The van der Waals surface area contributed by atoms with E-state index in [0.717, 1.165) is 16.5 Å². The van der Waals surface area contributed by atoms with E-state index in [0.29, 0.717) is 0 Å². The molecule has 1 unspecified atom stereocenters. The molecule has 1 aromatic carbocycles. The second-order valence-corrected chi connectivity index (χ2v) is 6.43. The van der Waals surface area contributed by atoms with E-state index < -0.39 is 0 Å². The van der Waals surface area contributed by atoms with Gasteiger partial charge in [-0.3, -0.25) is 0 Å². The molecule has 1 atom stereocenters. The maximum Gasteiger partial charge on any atom is 0.0938 e. The van der Waals surface area contributed by atoms with Crippen molar-refractivity contribution in [3.05, 3.63) is 55.7 Å². The van der Waals surface area contributed by atoms with Crippen molar-refractivity contribution in [2.24, 2.45) is 0 Å². The van der Waals surface area contributed by atoms with Crippen LogP contribution in [-0.4, -0.2) is 0 Å². The normalized spacial score (nSPS) is 12.7. The molecule has 0 spiro atoms. The molecule has 0 fully saturated rings. The molecule has 0 saturated heterocycles. The topological polar surface area (TPSA) is 0 Å². The van der Waals surface area contributed by atoms with Crippen LogP contribution in [-0.2, 0) is 6.42 Å². The van der Waals surface area contributed by atoms with E-state index in [2.05, 4.69) is 60.1 Å². The number of benzene rings is 1. The average molecular weight is 330 g/mol. The maximum atomic E-state index is 6.56. The molecule has 2 aromatic rings.